The first-order chi connectivity index (χ1) is 13.3. The lowest BCUT2D eigenvalue weighted by Gasteiger charge is -2.21. The Kier molecular flexibility index (Phi) is 6.08. The second-order valence-corrected chi connectivity index (χ2v) is 8.06. The lowest BCUT2D eigenvalue weighted by molar-refractivity contribution is -0.129. The molecule has 0 bridgehead atoms. The molecule has 2 aromatic carbocycles. The third-order valence-corrected chi connectivity index (χ3v) is 5.36. The van der Waals surface area contributed by atoms with Crippen LogP contribution in [-0.4, -0.2) is 43.3 Å². The van der Waals surface area contributed by atoms with Crippen molar-refractivity contribution in [2.24, 2.45) is 0 Å². The molecule has 3 aromatic rings. The molecular weight excluding hydrogens is 377 g/mol. The van der Waals surface area contributed by atoms with E-state index in [0.29, 0.717) is 11.7 Å². The molecule has 0 fully saturated rings. The van der Waals surface area contributed by atoms with Crippen molar-refractivity contribution < 1.29 is 9.18 Å². The first-order valence-electron chi connectivity index (χ1n) is 8.87. The Bertz CT molecular complexity index is 990. The molecule has 0 spiro atoms. The summed E-state index contributed by atoms with van der Waals surface area (Å²) in [5.41, 5.74) is 3.83. The van der Waals surface area contributed by atoms with Crippen LogP contribution in [0.3, 0.4) is 0 Å². The van der Waals surface area contributed by atoms with Gasteiger partial charge in [-0.05, 0) is 60.5 Å². The van der Waals surface area contributed by atoms with E-state index in [1.54, 1.807) is 28.8 Å². The number of hydrogen-bond donors (Lipinski definition) is 0. The normalized spacial score (nSPS) is 12.0. The number of halogens is 1. The molecule has 0 saturated carbocycles. The Morgan fingerprint density at radius 2 is 2.04 bits per heavy atom. The molecule has 1 unspecified atom stereocenters. The SMILES string of the molecule is Cc1ccc(-n2nnnc2SC(C)C(=O)N(C)Cc2cccc(F)c2)c(C)c1. The van der Waals surface area contributed by atoms with Crippen LogP contribution in [0.2, 0.25) is 0 Å². The summed E-state index contributed by atoms with van der Waals surface area (Å²) in [6, 6.07) is 12.3. The highest BCUT2D eigenvalue weighted by Crippen LogP contribution is 2.26. The van der Waals surface area contributed by atoms with Crippen LogP contribution in [0.15, 0.2) is 47.6 Å². The van der Waals surface area contributed by atoms with Gasteiger partial charge >= 0.3 is 0 Å². The zero-order chi connectivity index (χ0) is 20.3. The molecule has 6 nitrogen and oxygen atoms in total. The summed E-state index contributed by atoms with van der Waals surface area (Å²) in [6.45, 7) is 6.18. The Labute approximate surface area is 167 Å². The van der Waals surface area contributed by atoms with Crippen LogP contribution in [-0.2, 0) is 11.3 Å². The number of aryl methyl sites for hydroxylation is 2. The largest absolute Gasteiger partial charge is 0.340 e. The Hall–Kier alpha value is -2.74. The summed E-state index contributed by atoms with van der Waals surface area (Å²) in [6.07, 6.45) is 0. The third kappa shape index (κ3) is 4.56. The van der Waals surface area contributed by atoms with E-state index in [2.05, 4.69) is 21.6 Å². The maximum atomic E-state index is 13.4. The highest BCUT2D eigenvalue weighted by molar-refractivity contribution is 8.00. The van der Waals surface area contributed by atoms with Crippen molar-refractivity contribution in [1.82, 2.24) is 25.1 Å². The van der Waals surface area contributed by atoms with Gasteiger partial charge in [-0.2, -0.15) is 4.68 Å². The topological polar surface area (TPSA) is 63.9 Å². The third-order valence-electron chi connectivity index (χ3n) is 4.34. The van der Waals surface area contributed by atoms with Gasteiger partial charge < -0.3 is 4.90 Å². The molecule has 1 amide bonds. The van der Waals surface area contributed by atoms with Crippen LogP contribution in [0, 0.1) is 19.7 Å². The summed E-state index contributed by atoms with van der Waals surface area (Å²) in [7, 11) is 1.71. The van der Waals surface area contributed by atoms with E-state index < -0.39 is 5.25 Å². The number of nitrogens with zero attached hydrogens (tertiary/aromatic N) is 5. The number of carbonyl (C=O) groups excluding carboxylic acids is 1. The Morgan fingerprint density at radius 1 is 1.25 bits per heavy atom. The standard InChI is InChI=1S/C20H22FN5OS/c1-13-8-9-18(14(2)10-13)26-20(22-23-24-26)28-15(3)19(27)25(4)12-16-6-5-7-17(21)11-16/h5-11,15H,12H2,1-4H3. The number of amides is 1. The van der Waals surface area contributed by atoms with Crippen LogP contribution in [0.1, 0.15) is 23.6 Å². The van der Waals surface area contributed by atoms with Crippen molar-refractivity contribution in [3.8, 4) is 5.69 Å². The van der Waals surface area contributed by atoms with E-state index in [1.807, 2.05) is 32.9 Å². The maximum Gasteiger partial charge on any atom is 0.235 e. The number of tetrazole rings is 1. The molecule has 1 aromatic heterocycles. The maximum absolute atomic E-state index is 13.4. The number of carbonyl (C=O) groups is 1. The summed E-state index contributed by atoms with van der Waals surface area (Å²) in [4.78, 5) is 14.3. The first-order valence-corrected chi connectivity index (χ1v) is 9.75. The predicted octanol–water partition coefficient (Wildman–Crippen LogP) is 3.56. The zero-order valence-electron chi connectivity index (χ0n) is 16.3. The van der Waals surface area contributed by atoms with Crippen LogP contribution < -0.4 is 0 Å². The summed E-state index contributed by atoms with van der Waals surface area (Å²) < 4.78 is 15.0. The van der Waals surface area contributed by atoms with Crippen molar-refractivity contribution in [3.05, 3.63) is 65.0 Å². The number of aromatic nitrogens is 4. The number of benzene rings is 2. The molecule has 8 heteroatoms. The first kappa shape index (κ1) is 20.0. The van der Waals surface area contributed by atoms with Crippen molar-refractivity contribution in [3.63, 3.8) is 0 Å². The van der Waals surface area contributed by atoms with Crippen molar-refractivity contribution in [2.45, 2.75) is 37.7 Å². The molecule has 1 atom stereocenters. The quantitative estimate of drug-likeness (QED) is 0.593. The molecule has 146 valence electrons. The monoisotopic (exact) mass is 399 g/mol. The molecule has 28 heavy (non-hydrogen) atoms. The minimum atomic E-state index is -0.394. The van der Waals surface area contributed by atoms with E-state index >= 15 is 0 Å². The molecule has 0 radical (unpaired) electrons. The molecule has 0 saturated heterocycles. The number of rotatable bonds is 6. The van der Waals surface area contributed by atoms with E-state index in [9.17, 15) is 9.18 Å². The second-order valence-electron chi connectivity index (χ2n) is 6.75. The van der Waals surface area contributed by atoms with Gasteiger partial charge in [0.2, 0.25) is 11.1 Å². The van der Waals surface area contributed by atoms with Gasteiger partial charge in [-0.1, -0.05) is 41.6 Å². The van der Waals surface area contributed by atoms with Crippen LogP contribution in [0.5, 0.6) is 0 Å². The highest BCUT2D eigenvalue weighted by Gasteiger charge is 2.22. The smallest absolute Gasteiger partial charge is 0.235 e. The van der Waals surface area contributed by atoms with Crippen LogP contribution in [0.25, 0.3) is 5.69 Å². The van der Waals surface area contributed by atoms with Gasteiger partial charge in [-0.25, -0.2) is 4.39 Å². The minimum Gasteiger partial charge on any atom is -0.340 e. The fraction of sp³-hybridized carbons (Fsp3) is 0.300. The van der Waals surface area contributed by atoms with E-state index in [0.717, 1.165) is 22.4 Å². The van der Waals surface area contributed by atoms with E-state index in [1.165, 1.54) is 23.9 Å². The van der Waals surface area contributed by atoms with Crippen molar-refractivity contribution in [2.75, 3.05) is 7.05 Å². The van der Waals surface area contributed by atoms with Gasteiger partial charge in [-0.15, -0.1) is 5.10 Å². The second kappa shape index (κ2) is 8.52. The molecular formula is C20H22FN5OS. The Morgan fingerprint density at radius 3 is 2.75 bits per heavy atom. The zero-order valence-corrected chi connectivity index (χ0v) is 17.1. The minimum absolute atomic E-state index is 0.0792. The summed E-state index contributed by atoms with van der Waals surface area (Å²) in [5.74, 6) is -0.391. The summed E-state index contributed by atoms with van der Waals surface area (Å²) >= 11 is 1.30. The number of thioether (sulfide) groups is 1. The van der Waals surface area contributed by atoms with Gasteiger partial charge in [0.05, 0.1) is 10.9 Å². The fourth-order valence-electron chi connectivity index (χ4n) is 2.95. The van der Waals surface area contributed by atoms with E-state index in [-0.39, 0.29) is 11.7 Å². The van der Waals surface area contributed by atoms with Crippen molar-refractivity contribution in [1.29, 1.82) is 0 Å². The van der Waals surface area contributed by atoms with Gasteiger partial charge in [0.25, 0.3) is 0 Å². The Balaban J connectivity index is 1.72. The van der Waals surface area contributed by atoms with Crippen LogP contribution in [0.4, 0.5) is 4.39 Å². The molecule has 0 aliphatic rings. The highest BCUT2D eigenvalue weighted by atomic mass is 32.2. The lowest BCUT2D eigenvalue weighted by atomic mass is 10.1. The lowest BCUT2D eigenvalue weighted by Crippen LogP contribution is -2.33. The van der Waals surface area contributed by atoms with Gasteiger partial charge in [-0.3, -0.25) is 4.79 Å². The van der Waals surface area contributed by atoms with Crippen molar-refractivity contribution >= 4 is 17.7 Å². The van der Waals surface area contributed by atoms with Gasteiger partial charge in [0.1, 0.15) is 5.82 Å². The van der Waals surface area contributed by atoms with Crippen LogP contribution >= 0.6 is 11.8 Å². The number of hydrogen-bond acceptors (Lipinski definition) is 5. The molecule has 0 N–H and O–H groups in total. The molecule has 0 aliphatic carbocycles. The van der Waals surface area contributed by atoms with Gasteiger partial charge in [0, 0.05) is 13.6 Å². The molecule has 3 rings (SSSR count). The summed E-state index contributed by atoms with van der Waals surface area (Å²) in [5, 5.41) is 12.1. The average molecular weight is 399 g/mol. The predicted molar refractivity (Wildman–Crippen MR) is 107 cm³/mol. The van der Waals surface area contributed by atoms with E-state index in [4.69, 9.17) is 0 Å². The fourth-order valence-corrected chi connectivity index (χ4v) is 3.87. The molecule has 1 heterocycles. The average Bonchev–Trinajstić information content (AvgIpc) is 3.08. The molecule has 0 aliphatic heterocycles. The van der Waals surface area contributed by atoms with Gasteiger partial charge in [0.15, 0.2) is 0 Å².